The SMILES string of the molecule is NC(Cc1ccccc1)C(=O)NC1CC(c2ccc(Cl)cc2)C1. The summed E-state index contributed by atoms with van der Waals surface area (Å²) in [6.07, 6.45) is 2.50. The summed E-state index contributed by atoms with van der Waals surface area (Å²) in [6, 6.07) is 17.6. The Morgan fingerprint density at radius 1 is 1.13 bits per heavy atom. The van der Waals surface area contributed by atoms with Crippen LogP contribution in [0.2, 0.25) is 5.02 Å². The Kier molecular flexibility index (Phi) is 4.99. The van der Waals surface area contributed by atoms with Gasteiger partial charge in [0.1, 0.15) is 0 Å². The van der Waals surface area contributed by atoms with Gasteiger partial charge in [0.05, 0.1) is 6.04 Å². The zero-order chi connectivity index (χ0) is 16.2. The number of halogens is 1. The van der Waals surface area contributed by atoms with Gasteiger partial charge in [-0.05, 0) is 48.4 Å². The molecule has 0 saturated heterocycles. The first-order valence-corrected chi connectivity index (χ1v) is 8.35. The van der Waals surface area contributed by atoms with E-state index >= 15 is 0 Å². The maximum Gasteiger partial charge on any atom is 0.237 e. The molecule has 2 aromatic carbocycles. The van der Waals surface area contributed by atoms with Gasteiger partial charge in [0, 0.05) is 11.1 Å². The van der Waals surface area contributed by atoms with Crippen molar-refractivity contribution in [2.24, 2.45) is 5.73 Å². The average molecular weight is 329 g/mol. The van der Waals surface area contributed by atoms with Crippen LogP contribution in [-0.2, 0) is 11.2 Å². The number of hydrogen-bond donors (Lipinski definition) is 2. The van der Waals surface area contributed by atoms with E-state index in [-0.39, 0.29) is 11.9 Å². The van der Waals surface area contributed by atoms with Gasteiger partial charge in [0.25, 0.3) is 0 Å². The maximum absolute atomic E-state index is 12.2. The van der Waals surface area contributed by atoms with Gasteiger partial charge in [-0.1, -0.05) is 54.1 Å². The fourth-order valence-electron chi connectivity index (χ4n) is 3.01. The van der Waals surface area contributed by atoms with Crippen molar-refractivity contribution < 1.29 is 4.79 Å². The largest absolute Gasteiger partial charge is 0.352 e. The highest BCUT2D eigenvalue weighted by atomic mass is 35.5. The van der Waals surface area contributed by atoms with E-state index in [0.29, 0.717) is 12.3 Å². The monoisotopic (exact) mass is 328 g/mol. The average Bonchev–Trinajstić information content (AvgIpc) is 2.52. The first-order valence-electron chi connectivity index (χ1n) is 7.97. The molecule has 2 aromatic rings. The molecule has 1 amide bonds. The Morgan fingerprint density at radius 3 is 2.43 bits per heavy atom. The lowest BCUT2D eigenvalue weighted by molar-refractivity contribution is -0.123. The van der Waals surface area contributed by atoms with Gasteiger partial charge >= 0.3 is 0 Å². The molecule has 1 fully saturated rings. The molecule has 0 aromatic heterocycles. The second-order valence-electron chi connectivity index (χ2n) is 6.22. The van der Waals surface area contributed by atoms with Crippen molar-refractivity contribution in [2.75, 3.05) is 0 Å². The van der Waals surface area contributed by atoms with Crippen LogP contribution in [0.1, 0.15) is 29.9 Å². The molecule has 0 heterocycles. The van der Waals surface area contributed by atoms with Gasteiger partial charge in [-0.25, -0.2) is 0 Å². The standard InChI is InChI=1S/C19H21ClN2O/c20-16-8-6-14(7-9-16)15-11-17(12-15)22-19(23)18(21)10-13-4-2-1-3-5-13/h1-9,15,17-18H,10-12,21H2,(H,22,23). The lowest BCUT2D eigenvalue weighted by Crippen LogP contribution is -2.50. The van der Waals surface area contributed by atoms with Crippen LogP contribution in [0.25, 0.3) is 0 Å². The van der Waals surface area contributed by atoms with Crippen molar-refractivity contribution in [3.8, 4) is 0 Å². The molecule has 0 bridgehead atoms. The Hall–Kier alpha value is -1.84. The summed E-state index contributed by atoms with van der Waals surface area (Å²) < 4.78 is 0. The van der Waals surface area contributed by atoms with Gasteiger partial charge in [0.15, 0.2) is 0 Å². The molecule has 1 unspecified atom stereocenters. The van der Waals surface area contributed by atoms with Crippen molar-refractivity contribution >= 4 is 17.5 Å². The van der Waals surface area contributed by atoms with E-state index < -0.39 is 6.04 Å². The topological polar surface area (TPSA) is 55.1 Å². The highest BCUT2D eigenvalue weighted by Crippen LogP contribution is 2.37. The lowest BCUT2D eigenvalue weighted by Gasteiger charge is -2.36. The van der Waals surface area contributed by atoms with Crippen molar-refractivity contribution in [3.63, 3.8) is 0 Å². The molecule has 1 aliphatic rings. The second kappa shape index (κ2) is 7.16. The summed E-state index contributed by atoms with van der Waals surface area (Å²) >= 11 is 5.91. The molecule has 0 radical (unpaired) electrons. The molecule has 3 N–H and O–H groups in total. The van der Waals surface area contributed by atoms with Crippen LogP contribution >= 0.6 is 11.6 Å². The maximum atomic E-state index is 12.2. The third-order valence-corrected chi connectivity index (χ3v) is 4.71. The summed E-state index contributed by atoms with van der Waals surface area (Å²) in [6.45, 7) is 0. The Labute approximate surface area is 141 Å². The van der Waals surface area contributed by atoms with E-state index in [1.165, 1.54) is 5.56 Å². The minimum atomic E-state index is -0.494. The van der Waals surface area contributed by atoms with Gasteiger partial charge in [-0.15, -0.1) is 0 Å². The number of hydrogen-bond acceptors (Lipinski definition) is 2. The predicted octanol–water partition coefficient (Wildman–Crippen LogP) is 3.27. The van der Waals surface area contributed by atoms with Gasteiger partial charge in [-0.2, -0.15) is 0 Å². The molecule has 0 aliphatic heterocycles. The Bertz CT molecular complexity index is 651. The van der Waals surface area contributed by atoms with E-state index in [1.807, 2.05) is 42.5 Å². The van der Waals surface area contributed by atoms with Crippen LogP contribution < -0.4 is 11.1 Å². The number of nitrogens with two attached hydrogens (primary N) is 1. The molecular weight excluding hydrogens is 308 g/mol. The number of rotatable bonds is 5. The van der Waals surface area contributed by atoms with Crippen molar-refractivity contribution in [1.29, 1.82) is 0 Å². The predicted molar refractivity (Wildman–Crippen MR) is 93.5 cm³/mol. The Balaban J connectivity index is 1.45. The third-order valence-electron chi connectivity index (χ3n) is 4.46. The summed E-state index contributed by atoms with van der Waals surface area (Å²) in [5.41, 5.74) is 8.38. The summed E-state index contributed by atoms with van der Waals surface area (Å²) in [5.74, 6) is 0.441. The minimum absolute atomic E-state index is 0.0617. The first-order chi connectivity index (χ1) is 11.1. The minimum Gasteiger partial charge on any atom is -0.352 e. The van der Waals surface area contributed by atoms with Crippen LogP contribution in [-0.4, -0.2) is 18.0 Å². The molecule has 0 spiro atoms. The van der Waals surface area contributed by atoms with Crippen LogP contribution in [0.3, 0.4) is 0 Å². The number of nitrogens with one attached hydrogen (secondary N) is 1. The zero-order valence-electron chi connectivity index (χ0n) is 12.9. The summed E-state index contributed by atoms with van der Waals surface area (Å²) in [4.78, 5) is 12.2. The van der Waals surface area contributed by atoms with Gasteiger partial charge in [-0.3, -0.25) is 4.79 Å². The highest BCUT2D eigenvalue weighted by molar-refractivity contribution is 6.30. The first kappa shape index (κ1) is 16.0. The Morgan fingerprint density at radius 2 is 1.78 bits per heavy atom. The van der Waals surface area contributed by atoms with E-state index in [4.69, 9.17) is 17.3 Å². The number of carbonyl (C=O) groups is 1. The molecule has 1 saturated carbocycles. The molecule has 120 valence electrons. The summed E-state index contributed by atoms with van der Waals surface area (Å²) in [5, 5.41) is 3.81. The van der Waals surface area contributed by atoms with E-state index in [1.54, 1.807) is 0 Å². The third kappa shape index (κ3) is 4.12. The molecule has 4 heteroatoms. The molecule has 23 heavy (non-hydrogen) atoms. The number of carbonyl (C=O) groups excluding carboxylic acids is 1. The molecule has 1 aliphatic carbocycles. The fraction of sp³-hybridized carbons (Fsp3) is 0.316. The van der Waals surface area contributed by atoms with Crippen LogP contribution in [0.4, 0.5) is 0 Å². The quantitative estimate of drug-likeness (QED) is 0.885. The number of benzene rings is 2. The van der Waals surface area contributed by atoms with E-state index in [9.17, 15) is 4.79 Å². The van der Waals surface area contributed by atoms with Gasteiger partial charge in [0.2, 0.25) is 5.91 Å². The fourth-order valence-corrected chi connectivity index (χ4v) is 3.14. The smallest absolute Gasteiger partial charge is 0.237 e. The number of amides is 1. The van der Waals surface area contributed by atoms with Crippen LogP contribution in [0.5, 0.6) is 0 Å². The van der Waals surface area contributed by atoms with Crippen LogP contribution in [0.15, 0.2) is 54.6 Å². The highest BCUT2D eigenvalue weighted by Gasteiger charge is 2.32. The summed E-state index contributed by atoms with van der Waals surface area (Å²) in [7, 11) is 0. The van der Waals surface area contributed by atoms with E-state index in [2.05, 4.69) is 17.4 Å². The molecule has 3 nitrogen and oxygen atoms in total. The molecule has 1 atom stereocenters. The normalized spacial score (nSPS) is 21.3. The molecule has 3 rings (SSSR count). The second-order valence-corrected chi connectivity index (χ2v) is 6.66. The lowest BCUT2D eigenvalue weighted by atomic mass is 9.76. The zero-order valence-corrected chi connectivity index (χ0v) is 13.7. The van der Waals surface area contributed by atoms with Gasteiger partial charge < -0.3 is 11.1 Å². The van der Waals surface area contributed by atoms with Crippen molar-refractivity contribution in [2.45, 2.75) is 37.3 Å². The van der Waals surface area contributed by atoms with Crippen LogP contribution in [0, 0.1) is 0 Å². The van der Waals surface area contributed by atoms with Crippen molar-refractivity contribution in [3.05, 3.63) is 70.7 Å². The van der Waals surface area contributed by atoms with Crippen molar-refractivity contribution in [1.82, 2.24) is 5.32 Å². The molecular formula is C19H21ClN2O. The van der Waals surface area contributed by atoms with E-state index in [0.717, 1.165) is 23.4 Å².